The lowest BCUT2D eigenvalue weighted by molar-refractivity contribution is -0.104. The number of halogens is 2. The number of hydrogen-bond donors (Lipinski definition) is 0. The molecule has 0 spiro atoms. The third-order valence-electron chi connectivity index (χ3n) is 3.65. The van der Waals surface area contributed by atoms with Crippen LogP contribution in [0, 0.1) is 12.7 Å². The molecule has 0 N–H and O–H groups in total. The highest BCUT2D eigenvalue weighted by Gasteiger charge is 2.13. The van der Waals surface area contributed by atoms with Crippen LogP contribution in [0.5, 0.6) is 0 Å². The molecule has 3 rings (SSSR count). The SMILES string of the molecule is Cc1nc2ccc(Cl)cc2c(-c2ccc(F)cc2)c1C=CC=O. The first-order valence-electron chi connectivity index (χ1n) is 7.08. The predicted octanol–water partition coefficient (Wildman–Crippen LogP) is 5.21. The van der Waals surface area contributed by atoms with Crippen LogP contribution in [0.1, 0.15) is 11.3 Å². The average Bonchev–Trinajstić information content (AvgIpc) is 2.54. The summed E-state index contributed by atoms with van der Waals surface area (Å²) in [6, 6.07) is 11.7. The number of allylic oxidation sites excluding steroid dienone is 1. The minimum atomic E-state index is -0.299. The van der Waals surface area contributed by atoms with Crippen molar-refractivity contribution >= 4 is 34.9 Å². The minimum Gasteiger partial charge on any atom is -0.299 e. The van der Waals surface area contributed by atoms with Crippen molar-refractivity contribution in [3.05, 3.63) is 70.6 Å². The molecule has 4 heteroatoms. The van der Waals surface area contributed by atoms with Gasteiger partial charge in [-0.2, -0.15) is 0 Å². The summed E-state index contributed by atoms with van der Waals surface area (Å²) >= 11 is 6.14. The first kappa shape index (κ1) is 15.4. The number of nitrogens with zero attached hydrogens (tertiary/aromatic N) is 1. The Balaban J connectivity index is 2.42. The van der Waals surface area contributed by atoms with E-state index in [2.05, 4.69) is 4.98 Å². The molecule has 0 saturated heterocycles. The predicted molar refractivity (Wildman–Crippen MR) is 92.0 cm³/mol. The Morgan fingerprint density at radius 3 is 2.57 bits per heavy atom. The summed E-state index contributed by atoms with van der Waals surface area (Å²) in [6.07, 6.45) is 3.86. The van der Waals surface area contributed by atoms with Crippen molar-refractivity contribution in [2.75, 3.05) is 0 Å². The molecule has 23 heavy (non-hydrogen) atoms. The Kier molecular flexibility index (Phi) is 4.22. The van der Waals surface area contributed by atoms with Crippen molar-refractivity contribution in [2.24, 2.45) is 0 Å². The van der Waals surface area contributed by atoms with Gasteiger partial charge in [0.25, 0.3) is 0 Å². The molecule has 0 aliphatic rings. The number of rotatable bonds is 3. The van der Waals surface area contributed by atoms with Gasteiger partial charge in [0.15, 0.2) is 0 Å². The van der Waals surface area contributed by atoms with Crippen molar-refractivity contribution in [3.63, 3.8) is 0 Å². The molecule has 3 aromatic rings. The summed E-state index contributed by atoms with van der Waals surface area (Å²) in [5.74, 6) is -0.299. The van der Waals surface area contributed by atoms with E-state index in [1.165, 1.54) is 18.2 Å². The Morgan fingerprint density at radius 2 is 1.87 bits per heavy atom. The van der Waals surface area contributed by atoms with Gasteiger partial charge in [0.1, 0.15) is 12.1 Å². The zero-order chi connectivity index (χ0) is 16.4. The molecule has 0 bridgehead atoms. The summed E-state index contributed by atoms with van der Waals surface area (Å²) < 4.78 is 13.3. The molecule has 1 aromatic heterocycles. The van der Waals surface area contributed by atoms with E-state index in [9.17, 15) is 9.18 Å². The van der Waals surface area contributed by atoms with E-state index in [-0.39, 0.29) is 5.82 Å². The van der Waals surface area contributed by atoms with Gasteiger partial charge in [-0.15, -0.1) is 0 Å². The minimum absolute atomic E-state index is 0.299. The second kappa shape index (κ2) is 6.31. The van der Waals surface area contributed by atoms with Crippen LogP contribution in [0.4, 0.5) is 4.39 Å². The van der Waals surface area contributed by atoms with Gasteiger partial charge in [0.05, 0.1) is 5.52 Å². The molecule has 0 saturated carbocycles. The lowest BCUT2D eigenvalue weighted by atomic mass is 9.94. The topological polar surface area (TPSA) is 30.0 Å². The zero-order valence-electron chi connectivity index (χ0n) is 12.4. The molecule has 2 nitrogen and oxygen atoms in total. The highest BCUT2D eigenvalue weighted by atomic mass is 35.5. The van der Waals surface area contributed by atoms with E-state index in [4.69, 9.17) is 11.6 Å². The molecule has 0 radical (unpaired) electrons. The number of benzene rings is 2. The second-order valence-electron chi connectivity index (χ2n) is 5.15. The van der Waals surface area contributed by atoms with Crippen LogP contribution in [0.15, 0.2) is 48.5 Å². The third-order valence-corrected chi connectivity index (χ3v) is 3.88. The van der Waals surface area contributed by atoms with Crippen molar-refractivity contribution in [3.8, 4) is 11.1 Å². The number of aromatic nitrogens is 1. The van der Waals surface area contributed by atoms with Crippen LogP contribution in [0.2, 0.25) is 5.02 Å². The van der Waals surface area contributed by atoms with Gasteiger partial charge in [0, 0.05) is 27.2 Å². The molecule has 114 valence electrons. The Morgan fingerprint density at radius 1 is 1.13 bits per heavy atom. The fourth-order valence-corrected chi connectivity index (χ4v) is 2.81. The summed E-state index contributed by atoms with van der Waals surface area (Å²) in [5.41, 5.74) is 4.13. The first-order chi connectivity index (χ1) is 11.1. The third kappa shape index (κ3) is 3.01. The van der Waals surface area contributed by atoms with Crippen LogP contribution in [-0.2, 0) is 4.79 Å². The molecule has 0 unspecified atom stereocenters. The quantitative estimate of drug-likeness (QED) is 0.488. The number of carbonyl (C=O) groups is 1. The molecule has 0 atom stereocenters. The summed E-state index contributed by atoms with van der Waals surface area (Å²) in [7, 11) is 0. The number of hydrogen-bond acceptors (Lipinski definition) is 2. The Bertz CT molecular complexity index is 917. The lowest BCUT2D eigenvalue weighted by Gasteiger charge is -2.14. The smallest absolute Gasteiger partial charge is 0.142 e. The van der Waals surface area contributed by atoms with Crippen LogP contribution in [0.3, 0.4) is 0 Å². The van der Waals surface area contributed by atoms with Gasteiger partial charge in [0.2, 0.25) is 0 Å². The van der Waals surface area contributed by atoms with Crippen LogP contribution < -0.4 is 0 Å². The van der Waals surface area contributed by atoms with E-state index in [0.29, 0.717) is 5.02 Å². The van der Waals surface area contributed by atoms with Gasteiger partial charge >= 0.3 is 0 Å². The maximum atomic E-state index is 13.3. The molecular formula is C19H13ClFNO. The van der Waals surface area contributed by atoms with Crippen molar-refractivity contribution in [1.29, 1.82) is 0 Å². The average molecular weight is 326 g/mol. The van der Waals surface area contributed by atoms with Crippen LogP contribution in [-0.4, -0.2) is 11.3 Å². The molecule has 0 aliphatic carbocycles. The number of aryl methyl sites for hydroxylation is 1. The molecule has 0 amide bonds. The standard InChI is InChI=1S/C19H13ClFNO/c1-12-16(3-2-10-23)19(13-4-7-15(21)8-5-13)17-11-14(20)6-9-18(17)22-12/h2-11H,1H3. The van der Waals surface area contributed by atoms with Gasteiger partial charge < -0.3 is 0 Å². The summed E-state index contributed by atoms with van der Waals surface area (Å²) in [5, 5.41) is 1.46. The second-order valence-corrected chi connectivity index (χ2v) is 5.59. The monoisotopic (exact) mass is 325 g/mol. The molecule has 1 heterocycles. The van der Waals surface area contributed by atoms with Gasteiger partial charge in [-0.05, 0) is 55.0 Å². The van der Waals surface area contributed by atoms with E-state index in [1.54, 1.807) is 24.3 Å². The largest absolute Gasteiger partial charge is 0.299 e. The molecule has 0 fully saturated rings. The van der Waals surface area contributed by atoms with Gasteiger partial charge in [-0.1, -0.05) is 23.7 Å². The number of carbonyl (C=O) groups excluding carboxylic acids is 1. The van der Waals surface area contributed by atoms with E-state index in [1.807, 2.05) is 19.1 Å². The number of fused-ring (bicyclic) bond motifs is 1. The fourth-order valence-electron chi connectivity index (χ4n) is 2.64. The highest BCUT2D eigenvalue weighted by Crippen LogP contribution is 2.35. The molecule has 0 aliphatic heterocycles. The summed E-state index contributed by atoms with van der Waals surface area (Å²) in [6.45, 7) is 1.88. The van der Waals surface area contributed by atoms with Crippen LogP contribution >= 0.6 is 11.6 Å². The molecule has 2 aromatic carbocycles. The van der Waals surface area contributed by atoms with Crippen molar-refractivity contribution < 1.29 is 9.18 Å². The maximum absolute atomic E-state index is 13.3. The van der Waals surface area contributed by atoms with Gasteiger partial charge in [-0.3, -0.25) is 9.78 Å². The highest BCUT2D eigenvalue weighted by molar-refractivity contribution is 6.31. The number of aldehydes is 1. The van der Waals surface area contributed by atoms with Gasteiger partial charge in [-0.25, -0.2) is 4.39 Å². The van der Waals surface area contributed by atoms with Crippen LogP contribution in [0.25, 0.3) is 28.1 Å². The first-order valence-corrected chi connectivity index (χ1v) is 7.45. The van der Waals surface area contributed by atoms with E-state index < -0.39 is 0 Å². The normalized spacial score (nSPS) is 11.3. The maximum Gasteiger partial charge on any atom is 0.142 e. The Hall–Kier alpha value is -2.52. The van der Waals surface area contributed by atoms with Crippen molar-refractivity contribution in [1.82, 2.24) is 4.98 Å². The lowest BCUT2D eigenvalue weighted by Crippen LogP contribution is -1.95. The summed E-state index contributed by atoms with van der Waals surface area (Å²) in [4.78, 5) is 15.3. The Labute approximate surface area is 138 Å². The fraction of sp³-hybridized carbons (Fsp3) is 0.0526. The molecular weight excluding hydrogens is 313 g/mol. The van der Waals surface area contributed by atoms with E-state index in [0.717, 1.165) is 39.6 Å². The number of pyridine rings is 1. The zero-order valence-corrected chi connectivity index (χ0v) is 13.1. The van der Waals surface area contributed by atoms with E-state index >= 15 is 0 Å². The van der Waals surface area contributed by atoms with Crippen molar-refractivity contribution in [2.45, 2.75) is 6.92 Å².